The first-order chi connectivity index (χ1) is 33.7. The van der Waals surface area contributed by atoms with E-state index in [4.69, 9.17) is 4.99 Å². The third kappa shape index (κ3) is 6.59. The number of rotatable bonds is 6. The zero-order chi connectivity index (χ0) is 44.7. The molecule has 2 aromatic heterocycles. The van der Waals surface area contributed by atoms with E-state index in [1.165, 1.54) is 82.2 Å². The van der Waals surface area contributed by atoms with Crippen molar-refractivity contribution in [2.75, 3.05) is 0 Å². The third-order valence-electron chi connectivity index (χ3n) is 15.4. The number of hydrogen-bond acceptors (Lipinski definition) is 3. The number of nitrogens with zero attached hydrogens (tertiary/aromatic N) is 3. The molecule has 0 saturated carbocycles. The molecule has 8 aromatic rings. The number of allylic oxidation sites excluding steroid dienone is 10. The zero-order valence-electron chi connectivity index (χ0n) is 37.9. The summed E-state index contributed by atoms with van der Waals surface area (Å²) in [7, 11) is 0. The van der Waals surface area contributed by atoms with E-state index in [1.807, 2.05) is 0 Å². The number of benzene rings is 6. The van der Waals surface area contributed by atoms with Crippen molar-refractivity contribution in [3.8, 4) is 5.69 Å². The van der Waals surface area contributed by atoms with Gasteiger partial charge < -0.3 is 14.5 Å². The van der Waals surface area contributed by atoms with Crippen molar-refractivity contribution in [2.45, 2.75) is 56.4 Å². The third-order valence-corrected chi connectivity index (χ3v) is 15.4. The number of hydrogen-bond donors (Lipinski definition) is 2. The normalized spacial score (nSPS) is 22.1. The van der Waals surface area contributed by atoms with Crippen LogP contribution in [0.5, 0.6) is 0 Å². The summed E-state index contributed by atoms with van der Waals surface area (Å²) in [5.41, 5.74) is 14.1. The van der Waals surface area contributed by atoms with Crippen molar-refractivity contribution in [1.82, 2.24) is 19.8 Å². The van der Waals surface area contributed by atoms with Gasteiger partial charge in [-0.15, -0.1) is 0 Å². The molecule has 68 heavy (non-hydrogen) atoms. The maximum atomic E-state index is 5.54. The minimum absolute atomic E-state index is 0.149. The Bertz CT molecular complexity index is 3770. The van der Waals surface area contributed by atoms with Crippen molar-refractivity contribution in [3.05, 3.63) is 243 Å². The second-order valence-corrected chi connectivity index (χ2v) is 19.4. The highest BCUT2D eigenvalue weighted by Crippen LogP contribution is 2.40. The molecule has 1 aliphatic heterocycles. The predicted molar refractivity (Wildman–Crippen MR) is 282 cm³/mol. The molecular formula is C63H51N5. The van der Waals surface area contributed by atoms with Gasteiger partial charge in [0.15, 0.2) is 0 Å². The monoisotopic (exact) mass is 877 g/mol. The van der Waals surface area contributed by atoms with Gasteiger partial charge in [-0.3, -0.25) is 5.32 Å². The lowest BCUT2D eigenvalue weighted by Gasteiger charge is -2.33. The predicted octanol–water partition coefficient (Wildman–Crippen LogP) is 12.5. The van der Waals surface area contributed by atoms with Gasteiger partial charge in [0.1, 0.15) is 18.2 Å². The van der Waals surface area contributed by atoms with E-state index >= 15 is 0 Å². The van der Waals surface area contributed by atoms with E-state index in [2.05, 4.69) is 226 Å². The van der Waals surface area contributed by atoms with E-state index in [-0.39, 0.29) is 18.4 Å². The highest BCUT2D eigenvalue weighted by atomic mass is 15.3. The molecule has 5 unspecified atom stereocenters. The Morgan fingerprint density at radius 1 is 0.647 bits per heavy atom. The van der Waals surface area contributed by atoms with Crippen LogP contribution in [0.2, 0.25) is 0 Å². The quantitative estimate of drug-likeness (QED) is 0.175. The van der Waals surface area contributed by atoms with Crippen molar-refractivity contribution >= 4 is 62.6 Å². The summed E-state index contributed by atoms with van der Waals surface area (Å²) in [5.74, 6) is 1.63. The van der Waals surface area contributed by atoms with Gasteiger partial charge >= 0.3 is 0 Å². The second kappa shape index (κ2) is 16.0. The van der Waals surface area contributed by atoms with Gasteiger partial charge in [-0.05, 0) is 124 Å². The first-order valence-corrected chi connectivity index (χ1v) is 24.5. The molecule has 0 spiro atoms. The van der Waals surface area contributed by atoms with Gasteiger partial charge in [-0.25, -0.2) is 4.99 Å². The fraction of sp³-hybridized carbons (Fsp3) is 0.159. The molecular weight excluding hydrogens is 827 g/mol. The first kappa shape index (κ1) is 39.4. The summed E-state index contributed by atoms with van der Waals surface area (Å²) in [5, 5.41) is 16.9. The van der Waals surface area contributed by atoms with Crippen LogP contribution in [0, 0.1) is 5.92 Å². The number of nitrogens with one attached hydrogen (secondary N) is 2. The number of aliphatic imine (C=N–C) groups is 1. The number of amidine groups is 1. The minimum atomic E-state index is -0.302. The molecule has 6 aliphatic rings. The lowest BCUT2D eigenvalue weighted by Crippen LogP contribution is -2.45. The van der Waals surface area contributed by atoms with Crippen LogP contribution >= 0.6 is 0 Å². The molecule has 0 fully saturated rings. The molecule has 14 rings (SSSR count). The second-order valence-electron chi connectivity index (χ2n) is 19.4. The fourth-order valence-corrected chi connectivity index (χ4v) is 12.0. The maximum absolute atomic E-state index is 5.54. The van der Waals surface area contributed by atoms with Gasteiger partial charge in [0, 0.05) is 62.6 Å². The van der Waals surface area contributed by atoms with Gasteiger partial charge in [0.2, 0.25) is 0 Å². The van der Waals surface area contributed by atoms with Crippen LogP contribution in [0.15, 0.2) is 193 Å². The molecule has 5 nitrogen and oxygen atoms in total. The largest absolute Gasteiger partial charge is 0.350 e. The van der Waals surface area contributed by atoms with Crippen molar-refractivity contribution in [1.29, 1.82) is 0 Å². The number of aryl methyl sites for hydroxylation is 1. The number of fused-ring (bicyclic) bond motifs is 9. The van der Waals surface area contributed by atoms with Crippen LogP contribution in [-0.2, 0) is 12.8 Å². The van der Waals surface area contributed by atoms with E-state index in [0.717, 1.165) is 54.8 Å². The Morgan fingerprint density at radius 2 is 1.47 bits per heavy atom. The van der Waals surface area contributed by atoms with Crippen LogP contribution in [0.4, 0.5) is 0 Å². The highest BCUT2D eigenvalue weighted by molar-refractivity contribution is 6.01. The molecule has 0 saturated heterocycles. The van der Waals surface area contributed by atoms with Crippen LogP contribution in [-0.4, -0.2) is 15.0 Å². The molecule has 2 N–H and O–H groups in total. The smallest absolute Gasteiger partial charge is 0.131 e. The Hall–Kier alpha value is -7.73. The van der Waals surface area contributed by atoms with Crippen LogP contribution in [0.25, 0.3) is 62.4 Å². The summed E-state index contributed by atoms with van der Waals surface area (Å²) in [4.78, 5) is 5.54. The van der Waals surface area contributed by atoms with E-state index < -0.39 is 0 Å². The van der Waals surface area contributed by atoms with Crippen LogP contribution in [0.3, 0.4) is 0 Å². The topological polar surface area (TPSA) is 46.3 Å². The zero-order valence-corrected chi connectivity index (χ0v) is 37.9. The standard InChI is InChI=1S/C63H51N5/c1-2-14-40(15-3-1)43-22-12-23-48(32-43)61-64-62(66-63(65-61)50-29-28-41-16-4-5-17-42(41)33-50)49-24-13-25-51(34-49)68-59-38-47-21-9-7-19-45(47)36-56(59)54-31-30-52(39-60(54)68)67-57-27-11-10-26-53(57)55-35-44-18-6-8-20-46(44)37-58(55)67/h1-9,11-14,16-18,20-25,27-38,40,45,52,62-63,66H,10,15,19,26,39H2,(H,64,65). The Morgan fingerprint density at radius 3 is 2.37 bits per heavy atom. The Kier molecular flexibility index (Phi) is 9.26. The van der Waals surface area contributed by atoms with Crippen molar-refractivity contribution in [2.24, 2.45) is 10.9 Å². The molecule has 5 atom stereocenters. The molecule has 0 bridgehead atoms. The van der Waals surface area contributed by atoms with E-state index in [0.29, 0.717) is 11.8 Å². The van der Waals surface area contributed by atoms with Gasteiger partial charge in [0.05, 0.1) is 11.4 Å². The Balaban J connectivity index is 0.906. The maximum Gasteiger partial charge on any atom is 0.131 e. The number of aromatic nitrogens is 2. The summed E-state index contributed by atoms with van der Waals surface area (Å²) < 4.78 is 5.24. The van der Waals surface area contributed by atoms with Crippen LogP contribution in [0.1, 0.15) is 88.3 Å². The molecule has 6 aromatic carbocycles. The van der Waals surface area contributed by atoms with Crippen molar-refractivity contribution < 1.29 is 0 Å². The molecule has 0 radical (unpaired) electrons. The SMILES string of the molecule is C1=CCC2C=c3c4c(n(-c5cccc(C6N=C(c7cccc(C8C=CC=CC8)c7)NC(c7ccc8ccccc8c7)N6)c5)c3=CC2=C1)CC(n1c2c(c3cc5ccccc5cc31)CCC=C2)C=C4. The summed E-state index contributed by atoms with van der Waals surface area (Å²) in [6.45, 7) is 0. The molecule has 3 heterocycles. The van der Waals surface area contributed by atoms with Gasteiger partial charge in [-0.2, -0.15) is 0 Å². The average Bonchev–Trinajstić information content (AvgIpc) is 3.90. The van der Waals surface area contributed by atoms with Crippen molar-refractivity contribution in [3.63, 3.8) is 0 Å². The summed E-state index contributed by atoms with van der Waals surface area (Å²) >= 11 is 0. The summed E-state index contributed by atoms with van der Waals surface area (Å²) in [6, 6.07) is 47.4. The Labute approximate surface area is 396 Å². The van der Waals surface area contributed by atoms with E-state index in [1.54, 1.807) is 0 Å². The minimum Gasteiger partial charge on any atom is -0.350 e. The lowest BCUT2D eigenvalue weighted by molar-refractivity contribution is 0.409. The highest BCUT2D eigenvalue weighted by Gasteiger charge is 2.31. The van der Waals surface area contributed by atoms with Gasteiger partial charge in [0.25, 0.3) is 0 Å². The van der Waals surface area contributed by atoms with Gasteiger partial charge in [-0.1, -0.05) is 158 Å². The molecule has 328 valence electrons. The molecule has 0 amide bonds. The van der Waals surface area contributed by atoms with Crippen LogP contribution < -0.4 is 21.2 Å². The fourth-order valence-electron chi connectivity index (χ4n) is 12.0. The lowest BCUT2D eigenvalue weighted by atomic mass is 9.87. The summed E-state index contributed by atoms with van der Waals surface area (Å²) in [6.07, 6.45) is 35.0. The first-order valence-electron chi connectivity index (χ1n) is 24.5. The average molecular weight is 878 g/mol. The van der Waals surface area contributed by atoms with E-state index in [9.17, 15) is 0 Å². The molecule has 5 aliphatic carbocycles. The molecule has 5 heteroatoms.